The molecule has 3 aromatic heterocycles. The molecule has 0 radical (unpaired) electrons. The molecule has 0 aliphatic carbocycles. The van der Waals surface area contributed by atoms with E-state index >= 15 is 0 Å². The van der Waals surface area contributed by atoms with Gasteiger partial charge in [-0.2, -0.15) is 16.1 Å². The van der Waals surface area contributed by atoms with Crippen molar-refractivity contribution >= 4 is 49.8 Å². The van der Waals surface area contributed by atoms with Gasteiger partial charge in [0.05, 0.1) is 16.8 Å². The van der Waals surface area contributed by atoms with E-state index in [4.69, 9.17) is 0 Å². The highest BCUT2D eigenvalue weighted by Crippen LogP contribution is 2.25. The largest absolute Gasteiger partial charge is 0.345 e. The van der Waals surface area contributed by atoms with Crippen molar-refractivity contribution in [2.45, 2.75) is 17.2 Å². The maximum absolute atomic E-state index is 13.2. The number of aromatic nitrogens is 4. The van der Waals surface area contributed by atoms with Crippen LogP contribution in [0.25, 0.3) is 22.1 Å². The van der Waals surface area contributed by atoms with Crippen LogP contribution in [-0.2, 0) is 27.1 Å². The Labute approximate surface area is 195 Å². The smallest absolute Gasteiger partial charge is 0.245 e. The summed E-state index contributed by atoms with van der Waals surface area (Å²) in [5, 5.41) is 0.573. The van der Waals surface area contributed by atoms with E-state index in [-0.39, 0.29) is 30.4 Å². The molecule has 0 unspecified atom stereocenters. The maximum Gasteiger partial charge on any atom is 0.245 e. The van der Waals surface area contributed by atoms with Gasteiger partial charge in [-0.25, -0.2) is 18.4 Å². The normalized spacial score (nSPS) is 15.5. The predicted octanol–water partition coefficient (Wildman–Crippen LogP) is 2.31. The summed E-state index contributed by atoms with van der Waals surface area (Å²) in [5.41, 5.74) is 2.35. The van der Waals surface area contributed by atoms with Gasteiger partial charge in [0.15, 0.2) is 0 Å². The van der Waals surface area contributed by atoms with Gasteiger partial charge in [0, 0.05) is 44.0 Å². The van der Waals surface area contributed by atoms with Crippen LogP contribution in [0, 0.1) is 0 Å². The van der Waals surface area contributed by atoms with Crippen LogP contribution in [-0.4, -0.2) is 75.5 Å². The third-order valence-corrected chi connectivity index (χ3v) is 8.41. The molecule has 0 bridgehead atoms. The quantitative estimate of drug-likeness (QED) is 0.450. The molecule has 172 valence electrons. The summed E-state index contributed by atoms with van der Waals surface area (Å²) in [7, 11) is -3.68. The number of para-hydroxylation sites is 2. The molecule has 5 rings (SSSR count). The zero-order valence-corrected chi connectivity index (χ0v) is 19.8. The zero-order chi connectivity index (χ0) is 23.0. The summed E-state index contributed by atoms with van der Waals surface area (Å²) < 4.78 is 29.8. The van der Waals surface area contributed by atoms with Gasteiger partial charge in [0.25, 0.3) is 0 Å². The molecule has 0 saturated carbocycles. The van der Waals surface area contributed by atoms with Gasteiger partial charge in [0.2, 0.25) is 15.9 Å². The fourth-order valence-corrected chi connectivity index (χ4v) is 6.29. The number of H-pyrrole nitrogens is 1. The fraction of sp³-hybridized carbons (Fsp3) is 0.318. The summed E-state index contributed by atoms with van der Waals surface area (Å²) in [5.74, 6) is 1.55. The average Bonchev–Trinajstić information content (AvgIpc) is 3.42. The molecule has 33 heavy (non-hydrogen) atoms. The van der Waals surface area contributed by atoms with Crippen LogP contribution in [0.3, 0.4) is 0 Å². The number of nitrogens with one attached hydrogen (secondary N) is 1. The minimum atomic E-state index is -3.68. The van der Waals surface area contributed by atoms with Crippen LogP contribution in [0.2, 0.25) is 0 Å². The highest BCUT2D eigenvalue weighted by molar-refractivity contribution is 7.97. The number of fused-ring (bicyclic) bond motifs is 2. The molecule has 4 aromatic rings. The van der Waals surface area contributed by atoms with E-state index in [2.05, 4.69) is 15.0 Å². The summed E-state index contributed by atoms with van der Waals surface area (Å²) in [4.78, 5) is 26.8. The molecule has 1 aromatic carbocycles. The third-order valence-electron chi connectivity index (χ3n) is 5.92. The van der Waals surface area contributed by atoms with E-state index in [1.54, 1.807) is 35.0 Å². The molecule has 1 amide bonds. The van der Waals surface area contributed by atoms with Crippen LogP contribution in [0.1, 0.15) is 5.82 Å². The first kappa shape index (κ1) is 21.9. The van der Waals surface area contributed by atoms with Gasteiger partial charge in [-0.3, -0.25) is 4.79 Å². The van der Waals surface area contributed by atoms with E-state index in [9.17, 15) is 13.2 Å². The van der Waals surface area contributed by atoms with E-state index in [0.717, 1.165) is 16.9 Å². The summed E-state index contributed by atoms with van der Waals surface area (Å²) in [6.07, 6.45) is 5.12. The van der Waals surface area contributed by atoms with Crippen molar-refractivity contribution in [3.8, 4) is 0 Å². The molecule has 11 heteroatoms. The molecule has 0 atom stereocenters. The second kappa shape index (κ2) is 8.81. The Hall–Kier alpha value is -2.89. The Bertz CT molecular complexity index is 1420. The number of hydrogen-bond donors (Lipinski definition) is 1. The lowest BCUT2D eigenvalue weighted by molar-refractivity contribution is -0.133. The standard InChI is InChI=1S/C22H24N6O3S2/c1-32-15-20-25-17-6-2-3-7-18(17)28(20)14-21(29)26-9-11-27(12-10-26)33(30,31)19-13-24-22-16(19)5-4-8-23-22/h2-8,13H,9-12,14-15H2,1H3,(H,23,24). The first-order valence-corrected chi connectivity index (χ1v) is 13.5. The summed E-state index contributed by atoms with van der Waals surface area (Å²) >= 11 is 1.66. The number of carbonyl (C=O) groups excluding carboxylic acids is 1. The van der Waals surface area contributed by atoms with Crippen LogP contribution < -0.4 is 0 Å². The molecule has 1 aliphatic heterocycles. The van der Waals surface area contributed by atoms with E-state index in [1.165, 1.54) is 10.5 Å². The number of pyridine rings is 1. The first-order chi connectivity index (χ1) is 16.0. The lowest BCUT2D eigenvalue weighted by atomic mass is 10.3. The van der Waals surface area contributed by atoms with E-state index in [0.29, 0.717) is 29.9 Å². The first-order valence-electron chi connectivity index (χ1n) is 10.6. The highest BCUT2D eigenvalue weighted by Gasteiger charge is 2.32. The topological polar surface area (TPSA) is 104 Å². The van der Waals surface area contributed by atoms with Crippen molar-refractivity contribution in [1.82, 2.24) is 28.7 Å². The summed E-state index contributed by atoms with van der Waals surface area (Å²) in [6, 6.07) is 11.3. The molecular weight excluding hydrogens is 460 g/mol. The van der Waals surface area contributed by atoms with E-state index < -0.39 is 10.0 Å². The van der Waals surface area contributed by atoms with Gasteiger partial charge in [-0.1, -0.05) is 12.1 Å². The van der Waals surface area contributed by atoms with Crippen molar-refractivity contribution < 1.29 is 13.2 Å². The Morgan fingerprint density at radius 1 is 1.12 bits per heavy atom. The third kappa shape index (κ3) is 4.00. The number of piperazine rings is 1. The SMILES string of the molecule is CSCc1nc2ccccc2n1CC(=O)N1CCN(S(=O)(=O)c2c[nH]c3ncccc23)CC1. The van der Waals surface area contributed by atoms with Gasteiger partial charge >= 0.3 is 0 Å². The van der Waals surface area contributed by atoms with Gasteiger partial charge < -0.3 is 14.5 Å². The van der Waals surface area contributed by atoms with Gasteiger partial charge in [-0.15, -0.1) is 0 Å². The van der Waals surface area contributed by atoms with Crippen molar-refractivity contribution in [2.24, 2.45) is 0 Å². The Kier molecular flexibility index (Phi) is 5.85. The highest BCUT2D eigenvalue weighted by atomic mass is 32.2. The number of sulfonamides is 1. The Balaban J connectivity index is 1.30. The van der Waals surface area contributed by atoms with Crippen molar-refractivity contribution in [1.29, 1.82) is 0 Å². The number of benzene rings is 1. The van der Waals surface area contributed by atoms with E-state index in [1.807, 2.05) is 35.1 Å². The average molecular weight is 485 g/mol. The second-order valence-electron chi connectivity index (χ2n) is 7.87. The Morgan fingerprint density at radius 3 is 2.70 bits per heavy atom. The zero-order valence-electron chi connectivity index (χ0n) is 18.1. The number of amides is 1. The van der Waals surface area contributed by atoms with Crippen molar-refractivity contribution in [3.63, 3.8) is 0 Å². The number of rotatable bonds is 6. The lowest BCUT2D eigenvalue weighted by Crippen LogP contribution is -2.51. The number of carbonyl (C=O) groups is 1. The summed E-state index contributed by atoms with van der Waals surface area (Å²) in [6.45, 7) is 1.40. The molecular formula is C22H24N6O3S2. The lowest BCUT2D eigenvalue weighted by Gasteiger charge is -2.34. The van der Waals surface area contributed by atoms with Crippen molar-refractivity contribution in [3.05, 3.63) is 54.6 Å². The maximum atomic E-state index is 13.2. The molecule has 4 heterocycles. The molecule has 1 saturated heterocycles. The molecule has 0 spiro atoms. The van der Waals surface area contributed by atoms with Crippen LogP contribution in [0.15, 0.2) is 53.7 Å². The van der Waals surface area contributed by atoms with Crippen LogP contribution >= 0.6 is 11.8 Å². The fourth-order valence-electron chi connectivity index (χ4n) is 4.24. The molecule has 1 fully saturated rings. The predicted molar refractivity (Wildman–Crippen MR) is 128 cm³/mol. The molecule has 1 aliphatic rings. The number of nitrogens with zero attached hydrogens (tertiary/aromatic N) is 5. The molecule has 1 N–H and O–H groups in total. The van der Waals surface area contributed by atoms with Crippen molar-refractivity contribution in [2.75, 3.05) is 32.4 Å². The van der Waals surface area contributed by atoms with Crippen LogP contribution in [0.4, 0.5) is 0 Å². The number of imidazole rings is 1. The Morgan fingerprint density at radius 2 is 1.91 bits per heavy atom. The second-order valence-corrected chi connectivity index (χ2v) is 10.6. The number of thioether (sulfide) groups is 1. The number of aromatic amines is 1. The van der Waals surface area contributed by atoms with Gasteiger partial charge in [-0.05, 0) is 30.5 Å². The minimum Gasteiger partial charge on any atom is -0.345 e. The minimum absolute atomic E-state index is 0.0335. The monoisotopic (exact) mass is 484 g/mol. The number of hydrogen-bond acceptors (Lipinski definition) is 6. The van der Waals surface area contributed by atoms with Crippen LogP contribution in [0.5, 0.6) is 0 Å². The molecule has 9 nitrogen and oxygen atoms in total. The van der Waals surface area contributed by atoms with Gasteiger partial charge in [0.1, 0.15) is 22.9 Å².